The number of Topliss-reactive ketones (excluding diaryl/α,β-unsaturated/α-hetero) is 1. The Kier molecular flexibility index (Phi) is 9.06. The van der Waals surface area contributed by atoms with Gasteiger partial charge in [0, 0.05) is 6.42 Å². The average Bonchev–Trinajstić information content (AvgIpc) is 2.74. The zero-order valence-electron chi connectivity index (χ0n) is 19.0. The Hall–Kier alpha value is -0.860. The number of ether oxygens (including phenoxy) is 1. The van der Waals surface area contributed by atoms with Crippen LogP contribution >= 0.6 is 0 Å². The molecule has 0 saturated heterocycles. The summed E-state index contributed by atoms with van der Waals surface area (Å²) in [7, 11) is 0. The van der Waals surface area contributed by atoms with Crippen LogP contribution in [0.3, 0.4) is 0 Å². The van der Waals surface area contributed by atoms with Gasteiger partial charge in [0.15, 0.2) is 0 Å². The first kappa shape index (κ1) is 22.8. The Bertz CT molecular complexity index is 512. The molecule has 29 heavy (non-hydrogen) atoms. The molecular formula is C26H44O3. The molecule has 0 bridgehead atoms. The lowest BCUT2D eigenvalue weighted by atomic mass is 9.64. The van der Waals surface area contributed by atoms with Crippen LogP contribution in [0.1, 0.15) is 110 Å². The van der Waals surface area contributed by atoms with Gasteiger partial charge in [0.2, 0.25) is 0 Å². The lowest BCUT2D eigenvalue weighted by molar-refractivity contribution is -0.153. The minimum atomic E-state index is -0.477. The Labute approximate surface area is 178 Å². The molecule has 3 fully saturated rings. The third kappa shape index (κ3) is 6.31. The van der Waals surface area contributed by atoms with Crippen molar-refractivity contribution in [2.75, 3.05) is 6.61 Å². The van der Waals surface area contributed by atoms with E-state index in [4.69, 9.17) is 4.74 Å². The van der Waals surface area contributed by atoms with Crippen LogP contribution in [0.15, 0.2) is 0 Å². The number of hydrogen-bond donors (Lipinski definition) is 0. The first-order valence-electron chi connectivity index (χ1n) is 12.8. The summed E-state index contributed by atoms with van der Waals surface area (Å²) in [5.41, 5.74) is 0. The normalized spacial score (nSPS) is 36.0. The lowest BCUT2D eigenvalue weighted by Gasteiger charge is -2.41. The maximum atomic E-state index is 12.5. The number of ketones is 1. The van der Waals surface area contributed by atoms with Gasteiger partial charge < -0.3 is 4.74 Å². The molecule has 0 aliphatic heterocycles. The van der Waals surface area contributed by atoms with Gasteiger partial charge >= 0.3 is 5.97 Å². The highest BCUT2D eigenvalue weighted by Gasteiger charge is 2.39. The zero-order chi connectivity index (χ0) is 20.6. The second-order valence-electron chi connectivity index (χ2n) is 10.3. The van der Waals surface area contributed by atoms with Crippen LogP contribution in [0, 0.1) is 35.5 Å². The average molecular weight is 405 g/mol. The van der Waals surface area contributed by atoms with Crippen molar-refractivity contribution in [2.45, 2.75) is 110 Å². The number of hydrogen-bond acceptors (Lipinski definition) is 3. The highest BCUT2D eigenvalue weighted by molar-refractivity contribution is 5.99. The number of carbonyl (C=O) groups is 2. The predicted molar refractivity (Wildman–Crippen MR) is 118 cm³/mol. The number of esters is 1. The maximum Gasteiger partial charge on any atom is 0.316 e. The standard InChI is InChI=1S/C26H44O3/c1-3-5-6-7-19-8-10-20(11-9-19)21-12-14-22(15-13-21)23-16-17-24(25(27)18-23)26(28)29-4-2/h19-24H,3-18H2,1-2H3/t19-,20-,21-,22-,23?,24?. The molecule has 2 atom stereocenters. The van der Waals surface area contributed by atoms with Gasteiger partial charge in [0.05, 0.1) is 6.61 Å². The summed E-state index contributed by atoms with van der Waals surface area (Å²) in [5.74, 6) is 3.53. The second kappa shape index (κ2) is 11.5. The molecular weight excluding hydrogens is 360 g/mol. The van der Waals surface area contributed by atoms with E-state index in [0.29, 0.717) is 31.3 Å². The zero-order valence-corrected chi connectivity index (χ0v) is 19.0. The molecule has 0 heterocycles. The smallest absolute Gasteiger partial charge is 0.316 e. The Morgan fingerprint density at radius 1 is 0.793 bits per heavy atom. The molecule has 0 aromatic heterocycles. The van der Waals surface area contributed by atoms with E-state index in [0.717, 1.165) is 24.2 Å². The quantitative estimate of drug-likeness (QED) is 0.256. The first-order chi connectivity index (χ1) is 14.1. The van der Waals surface area contributed by atoms with Crippen molar-refractivity contribution in [1.82, 2.24) is 0 Å². The van der Waals surface area contributed by atoms with Crippen LogP contribution < -0.4 is 0 Å². The molecule has 3 aliphatic rings. The van der Waals surface area contributed by atoms with Gasteiger partial charge in [-0.25, -0.2) is 0 Å². The van der Waals surface area contributed by atoms with E-state index in [1.54, 1.807) is 0 Å². The van der Waals surface area contributed by atoms with Gasteiger partial charge in [-0.2, -0.15) is 0 Å². The third-order valence-corrected chi connectivity index (χ3v) is 8.51. The van der Waals surface area contributed by atoms with Gasteiger partial charge in [0.25, 0.3) is 0 Å². The summed E-state index contributed by atoms with van der Waals surface area (Å²) in [6.07, 6.45) is 19.3. The van der Waals surface area contributed by atoms with Crippen LogP contribution in [-0.4, -0.2) is 18.4 Å². The molecule has 0 aromatic carbocycles. The van der Waals surface area contributed by atoms with E-state index < -0.39 is 5.92 Å². The topological polar surface area (TPSA) is 43.4 Å². The largest absolute Gasteiger partial charge is 0.465 e. The summed E-state index contributed by atoms with van der Waals surface area (Å²) in [5, 5.41) is 0. The Balaban J connectivity index is 1.37. The molecule has 3 rings (SSSR count). The van der Waals surface area contributed by atoms with Gasteiger partial charge in [-0.05, 0) is 87.9 Å². The lowest BCUT2D eigenvalue weighted by Crippen LogP contribution is -2.36. The number of carbonyl (C=O) groups excluding carboxylic acids is 2. The van der Waals surface area contributed by atoms with Gasteiger partial charge in [-0.1, -0.05) is 45.4 Å². The van der Waals surface area contributed by atoms with Crippen molar-refractivity contribution in [2.24, 2.45) is 35.5 Å². The molecule has 0 spiro atoms. The molecule has 0 aromatic rings. The number of rotatable bonds is 8. The molecule has 3 saturated carbocycles. The summed E-state index contributed by atoms with van der Waals surface area (Å²) < 4.78 is 5.09. The SMILES string of the molecule is CCCCC[C@H]1CC[C@H]([C@H]2CC[C@H](C3CCC(C(=O)OCC)C(=O)C3)CC2)CC1. The van der Waals surface area contributed by atoms with E-state index in [-0.39, 0.29) is 11.8 Å². The van der Waals surface area contributed by atoms with Gasteiger partial charge in [0.1, 0.15) is 11.7 Å². The summed E-state index contributed by atoms with van der Waals surface area (Å²) >= 11 is 0. The van der Waals surface area contributed by atoms with E-state index in [1.165, 1.54) is 77.0 Å². The predicted octanol–water partition coefficient (Wildman–Crippen LogP) is 6.73. The summed E-state index contributed by atoms with van der Waals surface area (Å²) in [6.45, 7) is 4.48. The fraction of sp³-hybridized carbons (Fsp3) is 0.923. The van der Waals surface area contributed by atoms with E-state index in [1.807, 2.05) is 6.92 Å². The van der Waals surface area contributed by atoms with E-state index >= 15 is 0 Å². The molecule has 3 heteroatoms. The van der Waals surface area contributed by atoms with E-state index in [2.05, 4.69) is 6.92 Å². The third-order valence-electron chi connectivity index (χ3n) is 8.51. The van der Waals surface area contributed by atoms with Crippen molar-refractivity contribution >= 4 is 11.8 Å². The summed E-state index contributed by atoms with van der Waals surface area (Å²) in [6, 6.07) is 0. The molecule has 2 unspecified atom stereocenters. The molecule has 3 nitrogen and oxygen atoms in total. The molecule has 0 amide bonds. The highest BCUT2D eigenvalue weighted by Crippen LogP contribution is 2.46. The van der Waals surface area contributed by atoms with Crippen LogP contribution in [0.5, 0.6) is 0 Å². The van der Waals surface area contributed by atoms with Gasteiger partial charge in [-0.15, -0.1) is 0 Å². The van der Waals surface area contributed by atoms with Crippen molar-refractivity contribution in [3.63, 3.8) is 0 Å². The monoisotopic (exact) mass is 404 g/mol. The number of unbranched alkanes of at least 4 members (excludes halogenated alkanes) is 2. The molecule has 166 valence electrons. The Morgan fingerprint density at radius 3 is 1.90 bits per heavy atom. The van der Waals surface area contributed by atoms with Crippen LogP contribution in [0.2, 0.25) is 0 Å². The minimum absolute atomic E-state index is 0.142. The van der Waals surface area contributed by atoms with Crippen molar-refractivity contribution in [3.8, 4) is 0 Å². The Morgan fingerprint density at radius 2 is 1.34 bits per heavy atom. The first-order valence-corrected chi connectivity index (χ1v) is 12.8. The second-order valence-corrected chi connectivity index (χ2v) is 10.3. The van der Waals surface area contributed by atoms with Crippen LogP contribution in [0.4, 0.5) is 0 Å². The molecule has 0 N–H and O–H groups in total. The molecule has 0 radical (unpaired) electrons. The molecule has 3 aliphatic carbocycles. The van der Waals surface area contributed by atoms with Gasteiger partial charge in [-0.3, -0.25) is 9.59 Å². The van der Waals surface area contributed by atoms with E-state index in [9.17, 15) is 9.59 Å². The van der Waals surface area contributed by atoms with Crippen LogP contribution in [0.25, 0.3) is 0 Å². The minimum Gasteiger partial charge on any atom is -0.465 e. The summed E-state index contributed by atoms with van der Waals surface area (Å²) in [4.78, 5) is 24.5. The maximum absolute atomic E-state index is 12.5. The highest BCUT2D eigenvalue weighted by atomic mass is 16.5. The van der Waals surface area contributed by atoms with Crippen molar-refractivity contribution in [1.29, 1.82) is 0 Å². The van der Waals surface area contributed by atoms with Crippen molar-refractivity contribution in [3.05, 3.63) is 0 Å². The van der Waals surface area contributed by atoms with Crippen LogP contribution in [-0.2, 0) is 14.3 Å². The fourth-order valence-corrected chi connectivity index (χ4v) is 6.66. The fourth-order valence-electron chi connectivity index (χ4n) is 6.66. The van der Waals surface area contributed by atoms with Crippen molar-refractivity contribution < 1.29 is 14.3 Å².